The monoisotopic (exact) mass is 480 g/mol. The normalized spacial score (nSPS) is 20.4. The van der Waals surface area contributed by atoms with Crippen molar-refractivity contribution in [3.05, 3.63) is 59.7 Å². The molecule has 1 saturated heterocycles. The van der Waals surface area contributed by atoms with Crippen LogP contribution >= 0.6 is 0 Å². The van der Waals surface area contributed by atoms with Gasteiger partial charge in [0.05, 0.1) is 18.6 Å². The fraction of sp³-hybridized carbons (Fsp3) is 0.444. The number of aliphatic carboxylic acids is 1. The van der Waals surface area contributed by atoms with Gasteiger partial charge < -0.3 is 25.2 Å². The smallest absolute Gasteiger partial charge is 0.408 e. The van der Waals surface area contributed by atoms with Crippen molar-refractivity contribution in [3.8, 4) is 11.1 Å². The Labute approximate surface area is 205 Å². The zero-order valence-corrected chi connectivity index (χ0v) is 20.1. The minimum absolute atomic E-state index is 0.0684. The molecule has 0 radical (unpaired) electrons. The fourth-order valence-electron chi connectivity index (χ4n) is 5.01. The number of rotatable bonds is 9. The van der Waals surface area contributed by atoms with Crippen molar-refractivity contribution in [2.24, 2.45) is 5.92 Å². The molecule has 8 heteroatoms. The van der Waals surface area contributed by atoms with Crippen LogP contribution in [0.2, 0.25) is 0 Å². The highest BCUT2D eigenvalue weighted by molar-refractivity contribution is 5.89. The summed E-state index contributed by atoms with van der Waals surface area (Å²) in [4.78, 5) is 36.9. The van der Waals surface area contributed by atoms with E-state index in [1.165, 1.54) is 0 Å². The van der Waals surface area contributed by atoms with Crippen molar-refractivity contribution >= 4 is 18.0 Å². The molecule has 8 nitrogen and oxygen atoms in total. The first-order chi connectivity index (χ1) is 16.8. The Morgan fingerprint density at radius 2 is 1.71 bits per heavy atom. The molecule has 1 aliphatic heterocycles. The van der Waals surface area contributed by atoms with Crippen molar-refractivity contribution in [3.63, 3.8) is 0 Å². The molecule has 3 atom stereocenters. The molecule has 186 valence electrons. The maximum Gasteiger partial charge on any atom is 0.408 e. The topological polar surface area (TPSA) is 114 Å². The van der Waals surface area contributed by atoms with Gasteiger partial charge in [-0.2, -0.15) is 0 Å². The van der Waals surface area contributed by atoms with Gasteiger partial charge in [-0.25, -0.2) is 4.79 Å². The molecule has 2 aromatic rings. The Hall–Kier alpha value is -3.39. The standard InChI is InChI=1S/C27H32N2O6/c1-3-12-27(2,25(32)28-14-18-13-17(15-34-18)24(30)31)29-26(33)35-16-23-21-10-6-4-8-19(21)20-9-5-7-11-22(20)23/h4-11,17-18,23H,3,12-16H2,1-2H3,(H,28,32)(H,29,33)(H,30,31)/t17-,18-,27?/m0/s1. The summed E-state index contributed by atoms with van der Waals surface area (Å²) in [5, 5.41) is 14.7. The van der Waals surface area contributed by atoms with E-state index in [1.54, 1.807) is 6.92 Å². The molecule has 0 saturated carbocycles. The number of carboxylic acid groups (broad SMARTS) is 1. The largest absolute Gasteiger partial charge is 0.481 e. The highest BCUT2D eigenvalue weighted by Crippen LogP contribution is 2.44. The Morgan fingerprint density at radius 3 is 2.29 bits per heavy atom. The van der Waals surface area contributed by atoms with Gasteiger partial charge in [-0.3, -0.25) is 9.59 Å². The lowest BCUT2D eigenvalue weighted by atomic mass is 9.95. The Kier molecular flexibility index (Phi) is 7.40. The summed E-state index contributed by atoms with van der Waals surface area (Å²) in [5.74, 6) is -1.87. The van der Waals surface area contributed by atoms with Crippen molar-refractivity contribution in [2.45, 2.75) is 50.7 Å². The van der Waals surface area contributed by atoms with Crippen LogP contribution in [-0.4, -0.2) is 54.5 Å². The van der Waals surface area contributed by atoms with Crippen molar-refractivity contribution in [2.75, 3.05) is 19.8 Å². The quantitative estimate of drug-likeness (QED) is 0.504. The number of nitrogens with one attached hydrogen (secondary N) is 2. The van der Waals surface area contributed by atoms with Crippen LogP contribution in [0.15, 0.2) is 48.5 Å². The Bertz CT molecular complexity index is 1060. The average molecular weight is 481 g/mol. The van der Waals surface area contributed by atoms with Crippen molar-refractivity contribution in [1.29, 1.82) is 0 Å². The molecule has 2 aliphatic rings. The number of alkyl carbamates (subject to hydrolysis) is 1. The van der Waals surface area contributed by atoms with Crippen LogP contribution in [0.4, 0.5) is 4.79 Å². The summed E-state index contributed by atoms with van der Waals surface area (Å²) in [6.07, 6.45) is 0.433. The lowest BCUT2D eigenvalue weighted by molar-refractivity contribution is -0.141. The number of hydrogen-bond donors (Lipinski definition) is 3. The van der Waals surface area contributed by atoms with E-state index >= 15 is 0 Å². The van der Waals surface area contributed by atoms with Crippen LogP contribution < -0.4 is 10.6 Å². The first-order valence-corrected chi connectivity index (χ1v) is 12.1. The number of benzene rings is 2. The van der Waals surface area contributed by atoms with Gasteiger partial charge in [0.25, 0.3) is 0 Å². The first-order valence-electron chi connectivity index (χ1n) is 12.1. The maximum absolute atomic E-state index is 13.0. The van der Waals surface area contributed by atoms with Gasteiger partial charge in [0, 0.05) is 12.5 Å². The molecular formula is C27H32N2O6. The van der Waals surface area contributed by atoms with E-state index in [9.17, 15) is 14.4 Å². The molecule has 1 aliphatic carbocycles. The lowest BCUT2D eigenvalue weighted by Gasteiger charge is -2.29. The van der Waals surface area contributed by atoms with Gasteiger partial charge >= 0.3 is 12.1 Å². The summed E-state index contributed by atoms with van der Waals surface area (Å²) in [6.45, 7) is 4.09. The van der Waals surface area contributed by atoms with Gasteiger partial charge in [0.2, 0.25) is 5.91 Å². The van der Waals surface area contributed by atoms with Gasteiger partial charge in [-0.1, -0.05) is 61.9 Å². The Balaban J connectivity index is 1.35. The van der Waals surface area contributed by atoms with Crippen LogP contribution in [0.25, 0.3) is 11.1 Å². The highest BCUT2D eigenvalue weighted by atomic mass is 16.5. The molecule has 3 N–H and O–H groups in total. The van der Waals surface area contributed by atoms with Crippen LogP contribution in [0.3, 0.4) is 0 Å². The number of carbonyl (C=O) groups is 3. The lowest BCUT2D eigenvalue weighted by Crippen LogP contribution is -2.57. The zero-order valence-electron chi connectivity index (χ0n) is 20.1. The van der Waals surface area contributed by atoms with E-state index in [1.807, 2.05) is 31.2 Å². The van der Waals surface area contributed by atoms with Gasteiger partial charge in [0.15, 0.2) is 0 Å². The molecule has 0 bridgehead atoms. The molecule has 2 aromatic carbocycles. The second-order valence-electron chi connectivity index (χ2n) is 9.47. The third-order valence-corrected chi connectivity index (χ3v) is 6.89. The summed E-state index contributed by atoms with van der Waals surface area (Å²) < 4.78 is 11.1. The predicted octanol–water partition coefficient (Wildman–Crippen LogP) is 3.69. The second kappa shape index (κ2) is 10.5. The van der Waals surface area contributed by atoms with Gasteiger partial charge in [-0.05, 0) is 42.0 Å². The molecule has 2 amide bonds. The molecule has 1 heterocycles. The number of carbonyl (C=O) groups excluding carboxylic acids is 2. The van der Waals surface area contributed by atoms with Crippen LogP contribution in [-0.2, 0) is 19.1 Å². The summed E-state index contributed by atoms with van der Waals surface area (Å²) in [6, 6.07) is 16.2. The van der Waals surface area contributed by atoms with Crippen LogP contribution in [0.1, 0.15) is 50.2 Å². The van der Waals surface area contributed by atoms with Crippen LogP contribution in [0.5, 0.6) is 0 Å². The number of fused-ring (bicyclic) bond motifs is 3. The third kappa shape index (κ3) is 5.32. The SMILES string of the molecule is CCCC(C)(NC(=O)OCC1c2ccccc2-c2ccccc21)C(=O)NC[C@@H]1C[C@H](C(=O)O)CO1. The van der Waals surface area contributed by atoms with E-state index in [-0.39, 0.29) is 37.7 Å². The van der Waals surface area contributed by atoms with Gasteiger partial charge in [-0.15, -0.1) is 0 Å². The average Bonchev–Trinajstić information content (AvgIpc) is 3.44. The van der Waals surface area contributed by atoms with Gasteiger partial charge in [0.1, 0.15) is 12.1 Å². The van der Waals surface area contributed by atoms with E-state index in [0.717, 1.165) is 22.3 Å². The number of ether oxygens (including phenoxy) is 2. The summed E-state index contributed by atoms with van der Waals surface area (Å²) in [7, 11) is 0. The third-order valence-electron chi connectivity index (χ3n) is 6.89. The number of amides is 2. The zero-order chi connectivity index (χ0) is 25.0. The molecular weight excluding hydrogens is 448 g/mol. The molecule has 4 rings (SSSR count). The molecule has 0 spiro atoms. The molecule has 0 aromatic heterocycles. The predicted molar refractivity (Wildman–Crippen MR) is 130 cm³/mol. The molecule has 1 unspecified atom stereocenters. The first kappa shape index (κ1) is 24.7. The van der Waals surface area contributed by atoms with E-state index in [0.29, 0.717) is 19.3 Å². The molecule has 1 fully saturated rings. The maximum atomic E-state index is 13.0. The minimum Gasteiger partial charge on any atom is -0.481 e. The minimum atomic E-state index is -1.16. The van der Waals surface area contributed by atoms with Crippen molar-refractivity contribution in [1.82, 2.24) is 10.6 Å². The highest BCUT2D eigenvalue weighted by Gasteiger charge is 2.37. The summed E-state index contributed by atoms with van der Waals surface area (Å²) >= 11 is 0. The van der Waals surface area contributed by atoms with E-state index in [4.69, 9.17) is 14.6 Å². The van der Waals surface area contributed by atoms with E-state index < -0.39 is 23.5 Å². The van der Waals surface area contributed by atoms with Crippen molar-refractivity contribution < 1.29 is 29.0 Å². The second-order valence-corrected chi connectivity index (χ2v) is 9.47. The van der Waals surface area contributed by atoms with Crippen LogP contribution in [0, 0.1) is 5.92 Å². The Morgan fingerprint density at radius 1 is 1.09 bits per heavy atom. The number of hydrogen-bond acceptors (Lipinski definition) is 5. The molecule has 35 heavy (non-hydrogen) atoms. The summed E-state index contributed by atoms with van der Waals surface area (Å²) in [5.41, 5.74) is 3.36. The van der Waals surface area contributed by atoms with E-state index in [2.05, 4.69) is 34.9 Å². The fourth-order valence-corrected chi connectivity index (χ4v) is 5.01. The number of carboxylic acids is 1.